The van der Waals surface area contributed by atoms with Crippen LogP contribution in [0, 0.1) is 6.92 Å². The molecule has 1 aromatic heterocycles. The molecular weight excluding hydrogens is 407 g/mol. The first kappa shape index (κ1) is 21.8. The van der Waals surface area contributed by atoms with Gasteiger partial charge in [-0.3, -0.25) is 4.90 Å². The fourth-order valence-corrected chi connectivity index (χ4v) is 4.47. The number of benzene rings is 1. The Morgan fingerprint density at radius 2 is 1.94 bits per heavy atom. The zero-order valence-electron chi connectivity index (χ0n) is 17.8. The van der Waals surface area contributed by atoms with Gasteiger partial charge in [-0.2, -0.15) is 13.2 Å². The first-order valence-electron chi connectivity index (χ1n) is 10.6. The van der Waals surface area contributed by atoms with Gasteiger partial charge in [-0.05, 0) is 56.9 Å². The minimum absolute atomic E-state index is 0.0896. The first-order valence-corrected chi connectivity index (χ1v) is 10.6. The van der Waals surface area contributed by atoms with Crippen molar-refractivity contribution in [2.24, 2.45) is 0 Å². The van der Waals surface area contributed by atoms with Gasteiger partial charge < -0.3 is 15.8 Å². The number of rotatable bonds is 4. The summed E-state index contributed by atoms with van der Waals surface area (Å²) in [5.41, 5.74) is 7.65. The summed E-state index contributed by atoms with van der Waals surface area (Å²) in [5.74, 6) is 1.35. The highest BCUT2D eigenvalue weighted by Crippen LogP contribution is 2.34. The Kier molecular flexibility index (Phi) is 6.07. The number of fused-ring (bicyclic) bond motifs is 1. The summed E-state index contributed by atoms with van der Waals surface area (Å²) in [5, 5.41) is 3.34. The van der Waals surface area contributed by atoms with Crippen molar-refractivity contribution in [2.45, 2.75) is 51.4 Å². The van der Waals surface area contributed by atoms with Crippen LogP contribution in [0.1, 0.15) is 47.6 Å². The molecule has 0 bridgehead atoms. The van der Waals surface area contributed by atoms with Gasteiger partial charge in [-0.1, -0.05) is 0 Å². The SMILES string of the molecule is Cc1nc2c(c(N[C@H](C)c3cc(N)cc(C(F)(F)F)c3)n1)C[C@H](N1CCOCC1)CC2. The summed E-state index contributed by atoms with van der Waals surface area (Å²) < 4.78 is 45.2. The lowest BCUT2D eigenvalue weighted by molar-refractivity contribution is -0.137. The Balaban J connectivity index is 1.59. The van der Waals surface area contributed by atoms with E-state index in [4.69, 9.17) is 10.5 Å². The molecule has 1 aliphatic carbocycles. The Morgan fingerprint density at radius 3 is 2.65 bits per heavy atom. The number of morpholine rings is 1. The molecule has 31 heavy (non-hydrogen) atoms. The lowest BCUT2D eigenvalue weighted by Gasteiger charge is -2.37. The van der Waals surface area contributed by atoms with Crippen LogP contribution < -0.4 is 11.1 Å². The van der Waals surface area contributed by atoms with Crippen LogP contribution in [0.25, 0.3) is 0 Å². The molecule has 1 fully saturated rings. The van der Waals surface area contributed by atoms with E-state index in [1.807, 2.05) is 13.8 Å². The highest BCUT2D eigenvalue weighted by Gasteiger charge is 2.32. The second kappa shape index (κ2) is 8.63. The number of hydrogen-bond acceptors (Lipinski definition) is 6. The van der Waals surface area contributed by atoms with Gasteiger partial charge in [0.05, 0.1) is 24.8 Å². The molecule has 168 valence electrons. The first-order chi connectivity index (χ1) is 14.7. The molecule has 0 saturated carbocycles. The van der Waals surface area contributed by atoms with Crippen LogP contribution in [0.3, 0.4) is 0 Å². The number of nitrogens with zero attached hydrogens (tertiary/aromatic N) is 3. The number of nitrogens with one attached hydrogen (secondary N) is 1. The van der Waals surface area contributed by atoms with Gasteiger partial charge in [0.1, 0.15) is 11.6 Å². The monoisotopic (exact) mass is 435 g/mol. The molecule has 0 spiro atoms. The van der Waals surface area contributed by atoms with E-state index in [9.17, 15) is 13.2 Å². The maximum absolute atomic E-state index is 13.2. The minimum Gasteiger partial charge on any atom is -0.399 e. The molecule has 1 aliphatic heterocycles. The van der Waals surface area contributed by atoms with Gasteiger partial charge >= 0.3 is 6.18 Å². The van der Waals surface area contributed by atoms with Crippen molar-refractivity contribution in [3.05, 3.63) is 46.4 Å². The molecule has 1 saturated heterocycles. The molecule has 9 heteroatoms. The van der Waals surface area contributed by atoms with Crippen LogP contribution in [0.5, 0.6) is 0 Å². The van der Waals surface area contributed by atoms with Gasteiger partial charge in [0.2, 0.25) is 0 Å². The van der Waals surface area contributed by atoms with Crippen LogP contribution in [-0.4, -0.2) is 47.2 Å². The maximum atomic E-state index is 13.2. The van der Waals surface area contributed by atoms with Crippen molar-refractivity contribution in [3.8, 4) is 0 Å². The molecular formula is C22H28F3N5O. The second-order valence-corrected chi connectivity index (χ2v) is 8.34. The molecule has 2 aromatic rings. The van der Waals surface area contributed by atoms with E-state index >= 15 is 0 Å². The largest absolute Gasteiger partial charge is 0.416 e. The van der Waals surface area contributed by atoms with E-state index < -0.39 is 17.8 Å². The predicted molar refractivity (Wildman–Crippen MR) is 113 cm³/mol. The number of nitrogens with two attached hydrogens (primary N) is 1. The summed E-state index contributed by atoms with van der Waals surface area (Å²) in [6, 6.07) is 3.67. The van der Waals surface area contributed by atoms with Gasteiger partial charge in [0.25, 0.3) is 0 Å². The molecule has 2 atom stereocenters. The van der Waals surface area contributed by atoms with Gasteiger partial charge in [-0.25, -0.2) is 9.97 Å². The molecule has 3 N–H and O–H groups in total. The second-order valence-electron chi connectivity index (χ2n) is 8.34. The van der Waals surface area contributed by atoms with Crippen LogP contribution in [0.2, 0.25) is 0 Å². The van der Waals surface area contributed by atoms with Gasteiger partial charge in [0.15, 0.2) is 0 Å². The van der Waals surface area contributed by atoms with Gasteiger partial charge in [-0.15, -0.1) is 0 Å². The van der Waals surface area contributed by atoms with E-state index in [-0.39, 0.29) is 5.69 Å². The molecule has 0 radical (unpaired) electrons. The van der Waals surface area contributed by atoms with Crippen LogP contribution in [-0.2, 0) is 23.8 Å². The maximum Gasteiger partial charge on any atom is 0.416 e. The number of nitrogen functional groups attached to an aromatic ring is 1. The lowest BCUT2D eigenvalue weighted by atomic mass is 9.90. The molecule has 1 aromatic carbocycles. The number of alkyl halides is 3. The topological polar surface area (TPSA) is 76.3 Å². The van der Waals surface area contributed by atoms with E-state index in [0.29, 0.717) is 23.2 Å². The lowest BCUT2D eigenvalue weighted by Crippen LogP contribution is -2.46. The molecule has 0 unspecified atom stereocenters. The van der Waals surface area contributed by atoms with Crippen molar-refractivity contribution in [3.63, 3.8) is 0 Å². The fraction of sp³-hybridized carbons (Fsp3) is 0.545. The number of aromatic nitrogens is 2. The number of hydrogen-bond donors (Lipinski definition) is 2. The van der Waals surface area contributed by atoms with Crippen LogP contribution in [0.4, 0.5) is 24.7 Å². The molecule has 2 heterocycles. The summed E-state index contributed by atoms with van der Waals surface area (Å²) in [6.07, 6.45) is -1.74. The normalized spacial score (nSPS) is 20.9. The summed E-state index contributed by atoms with van der Waals surface area (Å²) in [7, 11) is 0. The van der Waals surface area contributed by atoms with Crippen molar-refractivity contribution >= 4 is 11.5 Å². The van der Waals surface area contributed by atoms with E-state index in [2.05, 4.69) is 20.2 Å². The minimum atomic E-state index is -4.44. The number of anilines is 2. The van der Waals surface area contributed by atoms with Gasteiger partial charge in [0, 0.05) is 36.1 Å². The molecule has 6 nitrogen and oxygen atoms in total. The van der Waals surface area contributed by atoms with Crippen LogP contribution >= 0.6 is 0 Å². The number of aryl methyl sites for hydroxylation is 2. The van der Waals surface area contributed by atoms with E-state index in [0.717, 1.165) is 69.0 Å². The summed E-state index contributed by atoms with van der Waals surface area (Å²) in [6.45, 7) is 6.97. The number of halogens is 3. The van der Waals surface area contributed by atoms with Crippen molar-refractivity contribution in [2.75, 3.05) is 37.4 Å². The fourth-order valence-electron chi connectivity index (χ4n) is 4.47. The highest BCUT2D eigenvalue weighted by molar-refractivity contribution is 5.52. The molecule has 2 aliphatic rings. The predicted octanol–water partition coefficient (Wildman–Crippen LogP) is 3.75. The van der Waals surface area contributed by atoms with E-state index in [1.54, 1.807) is 6.07 Å². The average Bonchev–Trinajstić information content (AvgIpc) is 2.73. The van der Waals surface area contributed by atoms with Crippen molar-refractivity contribution in [1.82, 2.24) is 14.9 Å². The zero-order chi connectivity index (χ0) is 22.2. The average molecular weight is 435 g/mol. The Morgan fingerprint density at radius 1 is 1.19 bits per heavy atom. The Bertz CT molecular complexity index is 943. The quantitative estimate of drug-likeness (QED) is 0.713. The van der Waals surface area contributed by atoms with Crippen molar-refractivity contribution in [1.29, 1.82) is 0 Å². The Labute approximate surface area is 180 Å². The standard InChI is InChI=1S/C22H28F3N5O/c1-13(15-9-16(22(23,24)25)11-17(26)10-15)27-21-19-12-18(30-5-7-31-8-6-30)3-4-20(19)28-14(2)29-21/h9-11,13,18H,3-8,12,26H2,1-2H3,(H,27,28,29)/t13-,18-/m1/s1. The number of ether oxygens (including phenoxy) is 1. The van der Waals surface area contributed by atoms with E-state index in [1.165, 1.54) is 0 Å². The summed E-state index contributed by atoms with van der Waals surface area (Å²) >= 11 is 0. The third kappa shape index (κ3) is 4.93. The van der Waals surface area contributed by atoms with Crippen molar-refractivity contribution < 1.29 is 17.9 Å². The zero-order valence-corrected chi connectivity index (χ0v) is 17.8. The third-order valence-electron chi connectivity index (χ3n) is 6.08. The molecule has 4 rings (SSSR count). The smallest absolute Gasteiger partial charge is 0.399 e. The highest BCUT2D eigenvalue weighted by atomic mass is 19.4. The summed E-state index contributed by atoms with van der Waals surface area (Å²) in [4.78, 5) is 11.7. The molecule has 0 amide bonds. The van der Waals surface area contributed by atoms with Crippen LogP contribution in [0.15, 0.2) is 18.2 Å². The Hall–Kier alpha value is -2.39. The third-order valence-corrected chi connectivity index (χ3v) is 6.08.